The van der Waals surface area contributed by atoms with Crippen molar-refractivity contribution in [3.63, 3.8) is 0 Å². The van der Waals surface area contributed by atoms with Crippen molar-refractivity contribution < 1.29 is 28.7 Å². The zero-order valence-electron chi connectivity index (χ0n) is 11.3. The van der Waals surface area contributed by atoms with Crippen LogP contribution in [0, 0.1) is 0 Å². The average Bonchev–Trinajstić information content (AvgIpc) is 2.25. The Labute approximate surface area is 107 Å². The van der Waals surface area contributed by atoms with Gasteiger partial charge in [0.25, 0.3) is 0 Å². The molecule has 0 aliphatic heterocycles. The Morgan fingerprint density at radius 3 is 1.17 bits per heavy atom. The molecule has 0 heterocycles. The fraction of sp³-hybridized carbons (Fsp3) is 0.667. The summed E-state index contributed by atoms with van der Waals surface area (Å²) < 4.78 is 8.27. The van der Waals surface area contributed by atoms with E-state index < -0.39 is 23.9 Å². The highest BCUT2D eigenvalue weighted by atomic mass is 16.6. The number of hydrogen-bond donors (Lipinski definition) is 0. The van der Waals surface area contributed by atoms with Crippen LogP contribution in [0.1, 0.15) is 53.4 Å². The van der Waals surface area contributed by atoms with Gasteiger partial charge in [0.15, 0.2) is 0 Å². The first-order valence-corrected chi connectivity index (χ1v) is 5.75. The van der Waals surface area contributed by atoms with Crippen LogP contribution in [0.3, 0.4) is 0 Å². The number of ether oxygens (including phenoxy) is 2. The molecule has 0 unspecified atom stereocenters. The molecule has 0 aromatic rings. The van der Waals surface area contributed by atoms with Gasteiger partial charge in [0.2, 0.25) is 0 Å². The maximum Gasteiger partial charge on any atom is 0.314 e. The fourth-order valence-corrected chi connectivity index (χ4v) is 0.627. The van der Waals surface area contributed by atoms with Gasteiger partial charge in [-0.3, -0.25) is 19.2 Å². The minimum absolute atomic E-state index is 0.286. The van der Waals surface area contributed by atoms with Gasteiger partial charge in [-0.15, -0.1) is 0 Å². The number of esters is 4. The molecule has 18 heavy (non-hydrogen) atoms. The summed E-state index contributed by atoms with van der Waals surface area (Å²) >= 11 is 0. The second kappa shape index (κ2) is 11.8. The molecule has 0 aliphatic rings. The predicted molar refractivity (Wildman–Crippen MR) is 63.4 cm³/mol. The maximum absolute atomic E-state index is 10.7. The fourth-order valence-electron chi connectivity index (χ4n) is 0.627. The van der Waals surface area contributed by atoms with Gasteiger partial charge in [-0.25, -0.2) is 0 Å². The lowest BCUT2D eigenvalue weighted by Gasteiger charge is -1.99. The monoisotopic (exact) mass is 260 g/mol. The molecule has 0 aliphatic carbocycles. The third kappa shape index (κ3) is 16.7. The van der Waals surface area contributed by atoms with Crippen molar-refractivity contribution in [3.8, 4) is 0 Å². The Kier molecular flexibility index (Phi) is 12.2. The van der Waals surface area contributed by atoms with Crippen molar-refractivity contribution >= 4 is 23.9 Å². The highest BCUT2D eigenvalue weighted by molar-refractivity contribution is 5.88. The molecular formula is C12H20O6. The zero-order chi connectivity index (χ0) is 14.6. The molecule has 0 radical (unpaired) electrons. The van der Waals surface area contributed by atoms with Crippen molar-refractivity contribution in [3.05, 3.63) is 0 Å². The van der Waals surface area contributed by atoms with E-state index in [-0.39, 0.29) is 12.8 Å². The Balaban J connectivity index is 0. The predicted octanol–water partition coefficient (Wildman–Crippen LogP) is 1.75. The molecule has 0 amide bonds. The SMILES string of the molecule is CC(=O)OC(=O)CCC(=O)OC(C)=O.CCCC. The van der Waals surface area contributed by atoms with Gasteiger partial charge in [0, 0.05) is 13.8 Å². The van der Waals surface area contributed by atoms with Gasteiger partial charge in [0.1, 0.15) is 0 Å². The summed E-state index contributed by atoms with van der Waals surface area (Å²) in [5, 5.41) is 0. The molecule has 0 bridgehead atoms. The molecule has 0 atom stereocenters. The molecule has 6 nitrogen and oxygen atoms in total. The second-order valence-electron chi connectivity index (χ2n) is 3.43. The van der Waals surface area contributed by atoms with Gasteiger partial charge in [0.05, 0.1) is 12.8 Å². The van der Waals surface area contributed by atoms with E-state index in [2.05, 4.69) is 23.3 Å². The molecule has 0 aromatic carbocycles. The van der Waals surface area contributed by atoms with Crippen LogP contribution in [0.25, 0.3) is 0 Å². The lowest BCUT2D eigenvalue weighted by Crippen LogP contribution is -2.14. The Morgan fingerprint density at radius 1 is 0.722 bits per heavy atom. The second-order valence-corrected chi connectivity index (χ2v) is 3.43. The van der Waals surface area contributed by atoms with Crippen molar-refractivity contribution in [1.82, 2.24) is 0 Å². The van der Waals surface area contributed by atoms with E-state index in [0.717, 1.165) is 13.8 Å². The van der Waals surface area contributed by atoms with Crippen LogP contribution in [0.15, 0.2) is 0 Å². The third-order valence-corrected chi connectivity index (χ3v) is 1.55. The number of unbranched alkanes of at least 4 members (excludes halogenated alkanes) is 1. The van der Waals surface area contributed by atoms with Crippen LogP contribution in [-0.4, -0.2) is 23.9 Å². The number of rotatable bonds is 4. The summed E-state index contributed by atoms with van der Waals surface area (Å²) in [6.45, 7) is 6.51. The molecule has 0 aromatic heterocycles. The van der Waals surface area contributed by atoms with E-state index in [1.165, 1.54) is 12.8 Å². The summed E-state index contributed by atoms with van der Waals surface area (Å²) in [5.41, 5.74) is 0. The molecule has 0 spiro atoms. The van der Waals surface area contributed by atoms with E-state index >= 15 is 0 Å². The van der Waals surface area contributed by atoms with Crippen LogP contribution >= 0.6 is 0 Å². The van der Waals surface area contributed by atoms with Crippen LogP contribution in [0.5, 0.6) is 0 Å². The molecule has 0 fully saturated rings. The van der Waals surface area contributed by atoms with E-state index in [0.29, 0.717) is 0 Å². The van der Waals surface area contributed by atoms with Crippen LogP contribution in [0.4, 0.5) is 0 Å². The third-order valence-electron chi connectivity index (χ3n) is 1.55. The van der Waals surface area contributed by atoms with E-state index in [1.807, 2.05) is 0 Å². The summed E-state index contributed by atoms with van der Waals surface area (Å²) in [6.07, 6.45) is 2.07. The summed E-state index contributed by atoms with van der Waals surface area (Å²) in [5.74, 6) is -3.12. The Morgan fingerprint density at radius 2 is 1.00 bits per heavy atom. The maximum atomic E-state index is 10.7. The average molecular weight is 260 g/mol. The zero-order valence-corrected chi connectivity index (χ0v) is 11.3. The normalized spacial score (nSPS) is 8.67. The van der Waals surface area contributed by atoms with Crippen molar-refractivity contribution in [2.24, 2.45) is 0 Å². The van der Waals surface area contributed by atoms with E-state index in [9.17, 15) is 19.2 Å². The Hall–Kier alpha value is -1.72. The van der Waals surface area contributed by atoms with Crippen molar-refractivity contribution in [2.45, 2.75) is 53.4 Å². The van der Waals surface area contributed by atoms with Gasteiger partial charge in [-0.2, -0.15) is 0 Å². The molecule has 0 N–H and O–H groups in total. The summed E-state index contributed by atoms with van der Waals surface area (Å²) in [4.78, 5) is 41.9. The smallest absolute Gasteiger partial charge is 0.314 e. The largest absolute Gasteiger partial charge is 0.393 e. The minimum Gasteiger partial charge on any atom is -0.393 e. The lowest BCUT2D eigenvalue weighted by atomic mass is 10.3. The topological polar surface area (TPSA) is 86.7 Å². The first-order valence-electron chi connectivity index (χ1n) is 5.75. The number of carbonyl (C=O) groups is 4. The van der Waals surface area contributed by atoms with Gasteiger partial charge in [-0.05, 0) is 0 Å². The molecule has 6 heteroatoms. The molecule has 0 saturated heterocycles. The molecular weight excluding hydrogens is 240 g/mol. The first kappa shape index (κ1) is 18.6. The van der Waals surface area contributed by atoms with E-state index in [4.69, 9.17) is 0 Å². The van der Waals surface area contributed by atoms with Crippen LogP contribution in [-0.2, 0) is 28.7 Å². The van der Waals surface area contributed by atoms with E-state index in [1.54, 1.807) is 0 Å². The Bertz CT molecular complexity index is 265. The van der Waals surface area contributed by atoms with Gasteiger partial charge >= 0.3 is 23.9 Å². The van der Waals surface area contributed by atoms with Crippen LogP contribution in [0.2, 0.25) is 0 Å². The molecule has 104 valence electrons. The molecule has 0 saturated carbocycles. The summed E-state index contributed by atoms with van der Waals surface area (Å²) in [7, 11) is 0. The quantitative estimate of drug-likeness (QED) is 0.565. The highest BCUT2D eigenvalue weighted by Crippen LogP contribution is 1.96. The lowest BCUT2D eigenvalue weighted by molar-refractivity contribution is -0.163. The summed E-state index contributed by atoms with van der Waals surface area (Å²) in [6, 6.07) is 0. The highest BCUT2D eigenvalue weighted by Gasteiger charge is 2.11. The first-order chi connectivity index (χ1) is 8.33. The van der Waals surface area contributed by atoms with Crippen molar-refractivity contribution in [2.75, 3.05) is 0 Å². The van der Waals surface area contributed by atoms with Gasteiger partial charge < -0.3 is 9.47 Å². The van der Waals surface area contributed by atoms with Gasteiger partial charge in [-0.1, -0.05) is 26.7 Å². The number of hydrogen-bond acceptors (Lipinski definition) is 6. The van der Waals surface area contributed by atoms with Crippen molar-refractivity contribution in [1.29, 1.82) is 0 Å². The number of carbonyl (C=O) groups excluding carboxylic acids is 4. The molecule has 0 rings (SSSR count). The standard InChI is InChI=1S/C8H10O6.C4H10/c1-5(9)13-7(11)3-4-8(12)14-6(2)10;1-3-4-2/h3-4H2,1-2H3;3-4H2,1-2H3. The minimum atomic E-state index is -0.821. The van der Waals surface area contributed by atoms with Crippen LogP contribution < -0.4 is 0 Å².